The van der Waals surface area contributed by atoms with Crippen LogP contribution in [0.5, 0.6) is 0 Å². The van der Waals surface area contributed by atoms with E-state index in [0.29, 0.717) is 55.0 Å². The first-order valence-electron chi connectivity index (χ1n) is 28.1. The molecule has 2 unspecified atom stereocenters. The summed E-state index contributed by atoms with van der Waals surface area (Å²) in [5.41, 5.74) is 1.96. The molecule has 0 radical (unpaired) electrons. The van der Waals surface area contributed by atoms with Gasteiger partial charge in [0.15, 0.2) is 0 Å². The monoisotopic (exact) mass is 970 g/mol. The minimum atomic E-state index is -0.816. The van der Waals surface area contributed by atoms with Gasteiger partial charge in [-0.15, -0.1) is 0 Å². The third-order valence-electron chi connectivity index (χ3n) is 19.2. The second-order valence-electron chi connectivity index (χ2n) is 23.2. The van der Waals surface area contributed by atoms with E-state index in [1.807, 2.05) is 36.4 Å². The molecule has 3 aromatic carbocycles. The van der Waals surface area contributed by atoms with Crippen molar-refractivity contribution in [2.24, 2.45) is 35.5 Å². The molecule has 10 heteroatoms. The number of aliphatic hydroxyl groups is 3. The minimum Gasteiger partial charge on any atom is -1.00 e. The van der Waals surface area contributed by atoms with E-state index >= 15 is 0 Å². The van der Waals surface area contributed by atoms with Crippen molar-refractivity contribution in [2.75, 3.05) is 78.7 Å². The second kappa shape index (κ2) is 24.8. The summed E-state index contributed by atoms with van der Waals surface area (Å²) in [4.78, 5) is 7.38. The molecule has 0 aromatic heterocycles. The van der Waals surface area contributed by atoms with Crippen molar-refractivity contribution in [1.29, 1.82) is 0 Å². The number of hydrogen-bond donors (Lipinski definition) is 3. The zero-order valence-electron chi connectivity index (χ0n) is 44.0. The van der Waals surface area contributed by atoms with E-state index < -0.39 is 11.2 Å². The van der Waals surface area contributed by atoms with E-state index in [2.05, 4.69) is 69.3 Å². The van der Waals surface area contributed by atoms with Gasteiger partial charge in [-0.1, -0.05) is 130 Å². The van der Waals surface area contributed by atoms with E-state index in [0.717, 1.165) is 69.0 Å². The van der Waals surface area contributed by atoms with E-state index in [-0.39, 0.29) is 42.7 Å². The summed E-state index contributed by atoms with van der Waals surface area (Å²) in [6, 6.07) is 31.2. The number of ether oxygens (including phenoxy) is 3. The molecular weight excluding hydrogens is 882 g/mol. The van der Waals surface area contributed by atoms with Gasteiger partial charge in [-0.2, -0.15) is 0 Å². The van der Waals surface area contributed by atoms with Crippen LogP contribution in [-0.2, 0) is 31.0 Å². The molecule has 13 aliphatic rings. The molecule has 380 valence electrons. The Morgan fingerprint density at radius 2 is 0.857 bits per heavy atom. The van der Waals surface area contributed by atoms with Crippen LogP contribution < -0.4 is 29.6 Å². The third kappa shape index (κ3) is 12.5. The molecule has 3 saturated carbocycles. The van der Waals surface area contributed by atoms with Crippen molar-refractivity contribution in [3.05, 3.63) is 108 Å². The van der Waals surface area contributed by atoms with Crippen molar-refractivity contribution >= 4 is 0 Å². The van der Waals surface area contributed by atoms with Gasteiger partial charge in [-0.3, -0.25) is 0 Å². The smallest absolute Gasteiger partial charge is 1.00 e. The SMILES string of the molecule is OC1CN2CCC1CC2.O[C@@](CO[C@H]1CN2CCC1CC2)(c1ccccc1)C1CCCC1.O[C@](CO[C@H]1CN2CCC1CC2)(c1ccccc1)C1CCCC1.[H-].[Na+].c1ccc(C2(C3CCCC3)CO2)cc1. The first kappa shape index (κ1) is 53.1. The minimum absolute atomic E-state index is 0. The predicted molar refractivity (Wildman–Crippen MR) is 275 cm³/mol. The topological polar surface area (TPSA) is 101 Å². The molecule has 10 heterocycles. The molecule has 10 saturated heterocycles. The van der Waals surface area contributed by atoms with Crippen LogP contribution in [0.3, 0.4) is 0 Å². The van der Waals surface area contributed by atoms with Crippen molar-refractivity contribution < 1.29 is 60.5 Å². The molecule has 3 aromatic rings. The van der Waals surface area contributed by atoms with Crippen LogP contribution in [0.25, 0.3) is 0 Å². The molecule has 10 aliphatic heterocycles. The summed E-state index contributed by atoms with van der Waals surface area (Å²) >= 11 is 0. The number of piperidine rings is 9. The third-order valence-corrected chi connectivity index (χ3v) is 19.2. The second-order valence-corrected chi connectivity index (χ2v) is 23.2. The van der Waals surface area contributed by atoms with Crippen molar-refractivity contribution in [3.8, 4) is 0 Å². The summed E-state index contributed by atoms with van der Waals surface area (Å²) in [5.74, 6) is 3.49. The number of aliphatic hydroxyl groups excluding tert-OH is 1. The van der Waals surface area contributed by atoms with Gasteiger partial charge in [0.05, 0.1) is 38.1 Å². The Hall–Kier alpha value is -1.70. The first-order valence-corrected chi connectivity index (χ1v) is 28.1. The van der Waals surface area contributed by atoms with Crippen LogP contribution in [0, 0.1) is 35.5 Å². The number of fused-ring (bicyclic) bond motifs is 9. The van der Waals surface area contributed by atoms with E-state index in [1.54, 1.807) is 0 Å². The fourth-order valence-corrected chi connectivity index (χ4v) is 14.6. The Balaban J connectivity index is 0.000000132. The summed E-state index contributed by atoms with van der Waals surface area (Å²) in [7, 11) is 0. The largest absolute Gasteiger partial charge is 1.00 e. The Bertz CT molecular complexity index is 1880. The van der Waals surface area contributed by atoms with Crippen molar-refractivity contribution in [2.45, 2.75) is 151 Å². The van der Waals surface area contributed by atoms with Crippen molar-refractivity contribution in [3.63, 3.8) is 0 Å². The standard InChI is InChI=1S/2C20H29NO2.C13H16O.C7H13NO.Na.H/c2*22-20(18-8-4-5-9-18,17-6-2-1-3-7-17)15-23-19-14-21-12-10-16(19)11-13-21;1-2-6-11(7-3-1)13(10-14-13)12-8-4-5-9-12;9-7-5-8-3-1-6(7)2-4-8;;/h2*1-3,6-7,16,18-19,22H,4-5,8-15H2;1-3,6-7,12H,4-5,8-10H2;6-7,9H,1-5H2;;/q;;;;+1;-1/t19-,20+;19-,20-;;;;/m00..../s1. The van der Waals surface area contributed by atoms with Crippen LogP contribution in [0.4, 0.5) is 0 Å². The Labute approximate surface area is 445 Å². The quantitative estimate of drug-likeness (QED) is 0.136. The van der Waals surface area contributed by atoms with Gasteiger partial charge >= 0.3 is 29.6 Å². The van der Waals surface area contributed by atoms with Gasteiger partial charge < -0.3 is 45.7 Å². The van der Waals surface area contributed by atoms with E-state index in [9.17, 15) is 15.3 Å². The Morgan fingerprint density at radius 1 is 0.500 bits per heavy atom. The summed E-state index contributed by atoms with van der Waals surface area (Å²) in [6.07, 6.45) is 23.0. The fraction of sp³-hybridized carbons (Fsp3) is 0.700. The maximum Gasteiger partial charge on any atom is 1.00 e. The normalized spacial score (nSPS) is 34.9. The molecule has 0 spiro atoms. The van der Waals surface area contributed by atoms with Crippen LogP contribution in [0.2, 0.25) is 0 Å². The predicted octanol–water partition coefficient (Wildman–Crippen LogP) is 6.64. The summed E-state index contributed by atoms with van der Waals surface area (Å²) in [5, 5.41) is 32.4. The average Bonchev–Trinajstić information content (AvgIpc) is 3.91. The van der Waals surface area contributed by atoms with Crippen LogP contribution in [0.15, 0.2) is 91.0 Å². The number of epoxide rings is 1. The number of nitrogens with zero attached hydrogens (tertiary/aromatic N) is 3. The molecule has 3 N–H and O–H groups in total. The number of benzene rings is 3. The molecule has 3 aliphatic carbocycles. The molecule has 13 fully saturated rings. The molecule has 6 atom stereocenters. The average molecular weight is 970 g/mol. The Morgan fingerprint density at radius 3 is 1.17 bits per heavy atom. The van der Waals surface area contributed by atoms with Gasteiger partial charge in [0, 0.05) is 19.6 Å². The van der Waals surface area contributed by atoms with Gasteiger partial charge in [-0.05, 0) is 169 Å². The van der Waals surface area contributed by atoms with Gasteiger partial charge in [0.2, 0.25) is 0 Å². The zero-order chi connectivity index (χ0) is 47.1. The van der Waals surface area contributed by atoms with Crippen molar-refractivity contribution in [1.82, 2.24) is 14.7 Å². The maximum atomic E-state index is 11.5. The zero-order valence-corrected chi connectivity index (χ0v) is 45.0. The molecule has 70 heavy (non-hydrogen) atoms. The molecular formula is C60H88N3NaO6. The van der Waals surface area contributed by atoms with Gasteiger partial charge in [0.1, 0.15) is 16.8 Å². The summed E-state index contributed by atoms with van der Waals surface area (Å²) in [6.45, 7) is 12.3. The molecule has 16 rings (SSSR count). The van der Waals surface area contributed by atoms with E-state index in [4.69, 9.17) is 14.2 Å². The van der Waals surface area contributed by atoms with Crippen LogP contribution in [-0.4, -0.2) is 127 Å². The van der Waals surface area contributed by atoms with Gasteiger partial charge in [0.25, 0.3) is 0 Å². The maximum absolute atomic E-state index is 11.5. The molecule has 9 nitrogen and oxygen atoms in total. The van der Waals surface area contributed by atoms with Crippen LogP contribution in [0.1, 0.15) is 134 Å². The summed E-state index contributed by atoms with van der Waals surface area (Å²) < 4.78 is 18.5. The van der Waals surface area contributed by atoms with Gasteiger partial charge in [-0.25, -0.2) is 0 Å². The van der Waals surface area contributed by atoms with Crippen LogP contribution >= 0.6 is 0 Å². The molecule has 6 bridgehead atoms. The fourth-order valence-electron chi connectivity index (χ4n) is 14.6. The molecule has 0 amide bonds. The number of rotatable bonds is 12. The number of hydrogen-bond acceptors (Lipinski definition) is 9. The first-order chi connectivity index (χ1) is 33.8. The Kier molecular flexibility index (Phi) is 18.8. The van der Waals surface area contributed by atoms with E-state index in [1.165, 1.54) is 135 Å².